The maximum Gasteiger partial charge on any atom is 0.212 e. The van der Waals surface area contributed by atoms with Crippen LogP contribution in [0.25, 0.3) is 0 Å². The molecular weight excluding hydrogens is 222 g/mol. The highest BCUT2D eigenvalue weighted by atomic mass is 32.2. The third-order valence-corrected chi connectivity index (χ3v) is 4.27. The van der Waals surface area contributed by atoms with Gasteiger partial charge < -0.3 is 0 Å². The van der Waals surface area contributed by atoms with E-state index in [1.165, 1.54) is 0 Å². The Morgan fingerprint density at radius 3 is 2.12 bits per heavy atom. The van der Waals surface area contributed by atoms with Crippen molar-refractivity contribution >= 4 is 10.0 Å². The molecule has 0 aliphatic heterocycles. The number of sulfonamides is 1. The summed E-state index contributed by atoms with van der Waals surface area (Å²) >= 11 is 0. The molecule has 1 atom stereocenters. The van der Waals surface area contributed by atoms with Crippen molar-refractivity contribution in [2.75, 3.05) is 5.75 Å². The van der Waals surface area contributed by atoms with Gasteiger partial charge in [0.1, 0.15) is 0 Å². The van der Waals surface area contributed by atoms with Gasteiger partial charge in [-0.2, -0.15) is 0 Å². The third kappa shape index (κ3) is 8.11. The summed E-state index contributed by atoms with van der Waals surface area (Å²) in [6.07, 6.45) is 5.37. The van der Waals surface area contributed by atoms with Crippen LogP contribution in [0.1, 0.15) is 59.8 Å². The van der Waals surface area contributed by atoms with Crippen LogP contribution in [0.2, 0.25) is 0 Å². The quantitative estimate of drug-likeness (QED) is 0.683. The molecule has 98 valence electrons. The summed E-state index contributed by atoms with van der Waals surface area (Å²) in [5, 5.41) is 0. The molecule has 16 heavy (non-hydrogen) atoms. The zero-order chi connectivity index (χ0) is 12.6. The van der Waals surface area contributed by atoms with Gasteiger partial charge in [0.05, 0.1) is 5.75 Å². The van der Waals surface area contributed by atoms with Gasteiger partial charge >= 0.3 is 0 Å². The van der Waals surface area contributed by atoms with Crippen LogP contribution in [0, 0.1) is 5.92 Å². The van der Waals surface area contributed by atoms with E-state index in [0.717, 1.165) is 32.1 Å². The Bertz CT molecular complexity index is 260. The Morgan fingerprint density at radius 1 is 1.06 bits per heavy atom. The number of hydrogen-bond donors (Lipinski definition) is 1. The second-order valence-electron chi connectivity index (χ2n) is 4.85. The highest BCUT2D eigenvalue weighted by molar-refractivity contribution is 7.89. The zero-order valence-electron chi connectivity index (χ0n) is 11.1. The van der Waals surface area contributed by atoms with Gasteiger partial charge in [0, 0.05) is 6.04 Å². The molecule has 0 fully saturated rings. The van der Waals surface area contributed by atoms with Crippen LogP contribution in [0.5, 0.6) is 0 Å². The first-order valence-corrected chi connectivity index (χ1v) is 8.06. The van der Waals surface area contributed by atoms with E-state index >= 15 is 0 Å². The predicted molar refractivity (Wildman–Crippen MR) is 70.0 cm³/mol. The van der Waals surface area contributed by atoms with E-state index in [1.807, 2.05) is 13.8 Å². The van der Waals surface area contributed by atoms with Gasteiger partial charge in [-0.15, -0.1) is 0 Å². The smallest absolute Gasteiger partial charge is 0.212 e. The molecule has 4 heteroatoms. The van der Waals surface area contributed by atoms with Gasteiger partial charge in [0.15, 0.2) is 0 Å². The average Bonchev–Trinajstić information content (AvgIpc) is 2.11. The highest BCUT2D eigenvalue weighted by Gasteiger charge is 2.18. The summed E-state index contributed by atoms with van der Waals surface area (Å²) in [6, 6.07) is -0.00143. The van der Waals surface area contributed by atoms with Crippen LogP contribution in [-0.2, 0) is 10.0 Å². The Morgan fingerprint density at radius 2 is 1.69 bits per heavy atom. The van der Waals surface area contributed by atoms with Crippen LogP contribution in [0.4, 0.5) is 0 Å². The minimum Gasteiger partial charge on any atom is -0.213 e. The Balaban J connectivity index is 4.25. The lowest BCUT2D eigenvalue weighted by Gasteiger charge is -2.17. The van der Waals surface area contributed by atoms with Crippen LogP contribution in [0.3, 0.4) is 0 Å². The molecule has 1 unspecified atom stereocenters. The van der Waals surface area contributed by atoms with Crippen molar-refractivity contribution in [2.45, 2.75) is 65.8 Å². The van der Waals surface area contributed by atoms with Crippen molar-refractivity contribution in [3.8, 4) is 0 Å². The van der Waals surface area contributed by atoms with Gasteiger partial charge in [-0.25, -0.2) is 13.1 Å². The van der Waals surface area contributed by atoms with E-state index in [4.69, 9.17) is 0 Å². The molecule has 0 saturated heterocycles. The van der Waals surface area contributed by atoms with Gasteiger partial charge in [-0.3, -0.25) is 0 Å². The average molecular weight is 249 g/mol. The molecule has 0 aliphatic rings. The highest BCUT2D eigenvalue weighted by Crippen LogP contribution is 2.16. The maximum atomic E-state index is 11.8. The van der Waals surface area contributed by atoms with Gasteiger partial charge in [-0.05, 0) is 32.6 Å². The fourth-order valence-electron chi connectivity index (χ4n) is 1.93. The lowest BCUT2D eigenvalue weighted by molar-refractivity contribution is 0.457. The summed E-state index contributed by atoms with van der Waals surface area (Å²) in [5.41, 5.74) is 0. The van der Waals surface area contributed by atoms with Crippen molar-refractivity contribution < 1.29 is 8.42 Å². The topological polar surface area (TPSA) is 46.2 Å². The second-order valence-corrected chi connectivity index (χ2v) is 6.65. The van der Waals surface area contributed by atoms with Crippen molar-refractivity contribution in [3.63, 3.8) is 0 Å². The first-order valence-electron chi connectivity index (χ1n) is 6.41. The molecule has 0 radical (unpaired) electrons. The van der Waals surface area contributed by atoms with Crippen LogP contribution < -0.4 is 4.72 Å². The van der Waals surface area contributed by atoms with Gasteiger partial charge in [0.2, 0.25) is 10.0 Å². The number of hydrogen-bond acceptors (Lipinski definition) is 2. The zero-order valence-corrected chi connectivity index (χ0v) is 11.9. The van der Waals surface area contributed by atoms with Gasteiger partial charge in [0.25, 0.3) is 0 Å². The van der Waals surface area contributed by atoms with E-state index < -0.39 is 10.0 Å². The lowest BCUT2D eigenvalue weighted by atomic mass is 9.99. The van der Waals surface area contributed by atoms with E-state index in [2.05, 4.69) is 18.6 Å². The summed E-state index contributed by atoms with van der Waals surface area (Å²) in [7, 11) is -3.08. The predicted octanol–water partition coefficient (Wildman–Crippen LogP) is 2.92. The molecule has 0 saturated carbocycles. The molecule has 0 rings (SSSR count). The second kappa shape index (κ2) is 8.07. The molecule has 0 amide bonds. The van der Waals surface area contributed by atoms with E-state index in [-0.39, 0.29) is 6.04 Å². The number of unbranched alkanes of at least 4 members (excludes halogenated alkanes) is 1. The minimum absolute atomic E-state index is 0.00143. The van der Waals surface area contributed by atoms with E-state index in [1.54, 1.807) is 0 Å². The fraction of sp³-hybridized carbons (Fsp3) is 1.00. The first-order chi connectivity index (χ1) is 7.41. The normalized spacial score (nSPS) is 14.3. The van der Waals surface area contributed by atoms with Crippen LogP contribution >= 0.6 is 0 Å². The molecule has 0 aliphatic carbocycles. The molecular formula is C12H27NO2S. The largest absolute Gasteiger partial charge is 0.213 e. The minimum atomic E-state index is -3.08. The molecule has 0 aromatic carbocycles. The molecule has 0 heterocycles. The van der Waals surface area contributed by atoms with Gasteiger partial charge in [-0.1, -0.05) is 33.1 Å². The molecule has 0 aromatic heterocycles. The Hall–Kier alpha value is -0.0900. The molecule has 1 N–H and O–H groups in total. The fourth-order valence-corrected chi connectivity index (χ4v) is 3.70. The molecule has 0 spiro atoms. The lowest BCUT2D eigenvalue weighted by Crippen LogP contribution is -2.34. The number of nitrogens with one attached hydrogen (secondary N) is 1. The molecule has 0 bridgehead atoms. The maximum absolute atomic E-state index is 11.8. The Labute approximate surface area is 101 Å². The van der Waals surface area contributed by atoms with Crippen molar-refractivity contribution in [2.24, 2.45) is 5.92 Å². The standard InChI is InChI=1S/C12H27NO2S/c1-5-7-9-12(8-6-2)10-16(14,15)13-11(3)4/h11-13H,5-10H2,1-4H3. The Kier molecular flexibility index (Phi) is 8.02. The van der Waals surface area contributed by atoms with E-state index in [9.17, 15) is 8.42 Å². The monoisotopic (exact) mass is 249 g/mol. The SMILES string of the molecule is CCCCC(CCC)CS(=O)(=O)NC(C)C. The third-order valence-electron chi connectivity index (χ3n) is 2.53. The first kappa shape index (κ1) is 15.9. The molecule has 0 aromatic rings. The van der Waals surface area contributed by atoms with Crippen molar-refractivity contribution in [1.29, 1.82) is 0 Å². The summed E-state index contributed by atoms with van der Waals surface area (Å²) in [5.74, 6) is 0.611. The van der Waals surface area contributed by atoms with Crippen LogP contribution in [-0.4, -0.2) is 20.2 Å². The van der Waals surface area contributed by atoms with Crippen LogP contribution in [0.15, 0.2) is 0 Å². The van der Waals surface area contributed by atoms with E-state index in [0.29, 0.717) is 11.7 Å². The summed E-state index contributed by atoms with van der Waals surface area (Å²) in [6.45, 7) is 7.97. The summed E-state index contributed by atoms with van der Waals surface area (Å²) in [4.78, 5) is 0. The number of rotatable bonds is 9. The summed E-state index contributed by atoms with van der Waals surface area (Å²) < 4.78 is 26.2. The molecule has 3 nitrogen and oxygen atoms in total. The van der Waals surface area contributed by atoms with Crippen molar-refractivity contribution in [3.05, 3.63) is 0 Å². The van der Waals surface area contributed by atoms with Crippen molar-refractivity contribution in [1.82, 2.24) is 4.72 Å².